The first-order valence-corrected chi connectivity index (χ1v) is 11.6. The van der Waals surface area contributed by atoms with Gasteiger partial charge in [-0.1, -0.05) is 12.8 Å². The van der Waals surface area contributed by atoms with Crippen molar-refractivity contribution in [2.24, 2.45) is 0 Å². The number of rotatable bonds is 10. The third-order valence-corrected chi connectivity index (χ3v) is 7.07. The maximum Gasteiger partial charge on any atom is 0.181 e. The molecule has 7 nitrogen and oxygen atoms in total. The van der Waals surface area contributed by atoms with E-state index >= 15 is 0 Å². The minimum Gasteiger partial charge on any atom is -0.383 e. The van der Waals surface area contributed by atoms with Gasteiger partial charge in [-0.05, 0) is 37.5 Å². The number of nitrogen functional groups attached to an aromatic ring is 1. The number of nitrogens with zero attached hydrogens (tertiary/aromatic N) is 3. The molecular weight excluding hydrogens is 426 g/mol. The number of aromatic nitrogens is 3. The summed E-state index contributed by atoms with van der Waals surface area (Å²) in [6.07, 6.45) is 5.93. The van der Waals surface area contributed by atoms with Crippen LogP contribution < -0.4 is 5.73 Å². The van der Waals surface area contributed by atoms with Crippen LogP contribution in [0.2, 0.25) is 0 Å². The summed E-state index contributed by atoms with van der Waals surface area (Å²) >= 11 is 0. The molecule has 31 heavy (non-hydrogen) atoms. The highest BCUT2D eigenvalue weighted by Gasteiger charge is 2.20. The van der Waals surface area contributed by atoms with Gasteiger partial charge >= 0.3 is 0 Å². The standard InChI is InChI=1S/C21H26F2N4O3S/c1-14-11-25-21(24)19-20(14)27(13-26-19)16(12-30-2)6-4-3-5-9-31(28,29)18-8-7-15(22)10-17(18)23/h7-8,10-11,13,16H,3-6,9,12H2,1-2H3,(H2,24,25). The van der Waals surface area contributed by atoms with Crippen LogP contribution in [0.1, 0.15) is 37.3 Å². The SMILES string of the molecule is COCC(CCCCCS(=O)(=O)c1ccc(F)cc1F)n1cnc2c(N)ncc(C)c21. The fourth-order valence-electron chi connectivity index (χ4n) is 3.69. The molecule has 0 aliphatic heterocycles. The zero-order valence-corrected chi connectivity index (χ0v) is 18.3. The number of unbranched alkanes of at least 4 members (excludes halogenated alkanes) is 2. The molecule has 0 aliphatic carbocycles. The quantitative estimate of drug-likeness (QED) is 0.371. The number of sulfone groups is 1. The van der Waals surface area contributed by atoms with E-state index in [2.05, 4.69) is 9.97 Å². The molecule has 10 heteroatoms. The maximum absolute atomic E-state index is 13.8. The van der Waals surface area contributed by atoms with Gasteiger partial charge < -0.3 is 15.0 Å². The van der Waals surface area contributed by atoms with Crippen molar-refractivity contribution in [2.45, 2.75) is 43.5 Å². The van der Waals surface area contributed by atoms with Gasteiger partial charge in [0.25, 0.3) is 0 Å². The van der Waals surface area contributed by atoms with Crippen LogP contribution in [-0.2, 0) is 14.6 Å². The number of methoxy groups -OCH3 is 1. The zero-order chi connectivity index (χ0) is 22.6. The second kappa shape index (κ2) is 9.69. The van der Waals surface area contributed by atoms with E-state index in [1.807, 2.05) is 11.5 Å². The van der Waals surface area contributed by atoms with Crippen molar-refractivity contribution >= 4 is 26.7 Å². The van der Waals surface area contributed by atoms with Gasteiger partial charge in [0.05, 0.1) is 30.2 Å². The van der Waals surface area contributed by atoms with Crippen molar-refractivity contribution in [1.29, 1.82) is 0 Å². The summed E-state index contributed by atoms with van der Waals surface area (Å²) in [5.41, 5.74) is 8.44. The summed E-state index contributed by atoms with van der Waals surface area (Å²) in [7, 11) is -2.18. The molecule has 0 fully saturated rings. The Morgan fingerprint density at radius 2 is 1.97 bits per heavy atom. The van der Waals surface area contributed by atoms with Crippen molar-refractivity contribution in [3.05, 3.63) is 47.9 Å². The van der Waals surface area contributed by atoms with E-state index in [0.717, 1.165) is 36.1 Å². The predicted molar refractivity (Wildman–Crippen MR) is 114 cm³/mol. The highest BCUT2D eigenvalue weighted by Crippen LogP contribution is 2.27. The van der Waals surface area contributed by atoms with Crippen LogP contribution in [0.4, 0.5) is 14.6 Å². The molecule has 0 bridgehead atoms. The Morgan fingerprint density at radius 1 is 1.19 bits per heavy atom. The van der Waals surface area contributed by atoms with Gasteiger partial charge in [0, 0.05) is 19.4 Å². The molecule has 1 unspecified atom stereocenters. The minimum absolute atomic E-state index is 0.00153. The van der Waals surface area contributed by atoms with E-state index in [1.165, 1.54) is 0 Å². The van der Waals surface area contributed by atoms with Crippen molar-refractivity contribution in [3.63, 3.8) is 0 Å². The summed E-state index contributed by atoms with van der Waals surface area (Å²) in [5.74, 6) is -1.69. The summed E-state index contributed by atoms with van der Waals surface area (Å²) in [6.45, 7) is 2.41. The number of hydrogen-bond donors (Lipinski definition) is 1. The number of aryl methyl sites for hydroxylation is 1. The van der Waals surface area contributed by atoms with Gasteiger partial charge in [-0.2, -0.15) is 0 Å². The lowest BCUT2D eigenvalue weighted by molar-refractivity contribution is 0.151. The lowest BCUT2D eigenvalue weighted by Gasteiger charge is -2.19. The van der Waals surface area contributed by atoms with Crippen molar-refractivity contribution < 1.29 is 21.9 Å². The third-order valence-electron chi connectivity index (χ3n) is 5.24. The Labute approximate surface area is 180 Å². The molecule has 2 heterocycles. The Balaban J connectivity index is 1.61. The van der Waals surface area contributed by atoms with E-state index in [0.29, 0.717) is 36.8 Å². The smallest absolute Gasteiger partial charge is 0.181 e. The van der Waals surface area contributed by atoms with Gasteiger partial charge in [-0.3, -0.25) is 0 Å². The van der Waals surface area contributed by atoms with Crippen LogP contribution >= 0.6 is 0 Å². The second-order valence-electron chi connectivity index (χ2n) is 7.53. The van der Waals surface area contributed by atoms with Crippen molar-refractivity contribution in [1.82, 2.24) is 14.5 Å². The minimum atomic E-state index is -3.80. The number of benzene rings is 1. The molecule has 2 aromatic heterocycles. The molecular formula is C21H26F2N4O3S. The highest BCUT2D eigenvalue weighted by atomic mass is 32.2. The first-order chi connectivity index (χ1) is 14.7. The summed E-state index contributed by atoms with van der Waals surface area (Å²) < 4.78 is 58.9. The maximum atomic E-state index is 13.8. The number of anilines is 1. The number of imidazole rings is 1. The molecule has 168 valence electrons. The first kappa shape index (κ1) is 23.1. The zero-order valence-electron chi connectivity index (χ0n) is 17.5. The monoisotopic (exact) mass is 452 g/mol. The molecule has 0 saturated heterocycles. The molecule has 0 saturated carbocycles. The molecule has 2 N–H and O–H groups in total. The lowest BCUT2D eigenvalue weighted by atomic mass is 10.1. The normalized spacial score (nSPS) is 13.0. The molecule has 0 amide bonds. The summed E-state index contributed by atoms with van der Waals surface area (Å²) in [4.78, 5) is 8.06. The van der Waals surface area contributed by atoms with Crippen LogP contribution in [0, 0.1) is 18.6 Å². The second-order valence-corrected chi connectivity index (χ2v) is 9.61. The van der Waals surface area contributed by atoms with Crippen molar-refractivity contribution in [3.8, 4) is 0 Å². The van der Waals surface area contributed by atoms with Crippen LogP contribution in [-0.4, -0.2) is 42.4 Å². The van der Waals surface area contributed by atoms with Crippen LogP contribution in [0.3, 0.4) is 0 Å². The van der Waals surface area contributed by atoms with E-state index in [1.54, 1.807) is 19.6 Å². The van der Waals surface area contributed by atoms with Gasteiger partial charge in [0.1, 0.15) is 22.0 Å². The molecule has 3 aromatic rings. The topological polar surface area (TPSA) is 100 Å². The number of nitrogens with two attached hydrogens (primary N) is 1. The van der Waals surface area contributed by atoms with Gasteiger partial charge in [0.2, 0.25) is 0 Å². The lowest BCUT2D eigenvalue weighted by Crippen LogP contribution is -2.15. The molecule has 0 spiro atoms. The van der Waals surface area contributed by atoms with E-state index in [9.17, 15) is 17.2 Å². The first-order valence-electron chi connectivity index (χ1n) is 9.99. The predicted octanol–water partition coefficient (Wildman–Crippen LogP) is 3.82. The fraction of sp³-hybridized carbons (Fsp3) is 0.429. The fourth-order valence-corrected chi connectivity index (χ4v) is 5.12. The molecule has 0 radical (unpaired) electrons. The number of hydrogen-bond acceptors (Lipinski definition) is 6. The van der Waals surface area contributed by atoms with E-state index in [4.69, 9.17) is 10.5 Å². The average Bonchev–Trinajstić information content (AvgIpc) is 3.16. The Hall–Kier alpha value is -2.59. The van der Waals surface area contributed by atoms with E-state index < -0.39 is 26.4 Å². The largest absolute Gasteiger partial charge is 0.383 e. The number of halogens is 2. The Kier molecular flexibility index (Phi) is 7.22. The number of ether oxygens (including phenoxy) is 1. The summed E-state index contributed by atoms with van der Waals surface area (Å²) in [5, 5.41) is 0. The molecule has 1 aromatic carbocycles. The number of fused-ring (bicyclic) bond motifs is 1. The van der Waals surface area contributed by atoms with Crippen LogP contribution in [0.15, 0.2) is 35.6 Å². The average molecular weight is 453 g/mol. The van der Waals surface area contributed by atoms with Crippen LogP contribution in [0.5, 0.6) is 0 Å². The number of pyridine rings is 1. The Bertz CT molecular complexity index is 1160. The van der Waals surface area contributed by atoms with Crippen LogP contribution in [0.25, 0.3) is 11.0 Å². The Morgan fingerprint density at radius 3 is 2.68 bits per heavy atom. The highest BCUT2D eigenvalue weighted by molar-refractivity contribution is 7.91. The molecule has 0 aliphatic rings. The van der Waals surface area contributed by atoms with Gasteiger partial charge in [-0.25, -0.2) is 27.2 Å². The summed E-state index contributed by atoms with van der Waals surface area (Å²) in [6, 6.07) is 2.51. The molecule has 3 rings (SSSR count). The van der Waals surface area contributed by atoms with Crippen molar-refractivity contribution in [2.75, 3.05) is 25.2 Å². The van der Waals surface area contributed by atoms with Gasteiger partial charge in [0.15, 0.2) is 15.7 Å². The van der Waals surface area contributed by atoms with Gasteiger partial charge in [-0.15, -0.1) is 0 Å². The van der Waals surface area contributed by atoms with E-state index in [-0.39, 0.29) is 11.8 Å². The molecule has 1 atom stereocenters. The third kappa shape index (κ3) is 5.19.